The van der Waals surface area contributed by atoms with Crippen LogP contribution >= 0.6 is 0 Å². The van der Waals surface area contributed by atoms with Gasteiger partial charge in [-0.2, -0.15) is 15.0 Å². The Morgan fingerprint density at radius 1 is 0.536 bits per heavy atom. The summed E-state index contributed by atoms with van der Waals surface area (Å²) in [5, 5.41) is 0. The van der Waals surface area contributed by atoms with Crippen LogP contribution in [0, 0.1) is 0 Å². The molecule has 0 aliphatic rings. The van der Waals surface area contributed by atoms with Crippen molar-refractivity contribution in [2.75, 3.05) is 0 Å². The first-order chi connectivity index (χ1) is 13.7. The topological polar surface area (TPSA) is 88.3 Å². The monoisotopic (exact) mass is 367 g/mol. The molecule has 28 heavy (non-hydrogen) atoms. The molecule has 0 radical (unpaired) electrons. The van der Waals surface area contributed by atoms with Crippen LogP contribution in [0.4, 0.5) is 11.4 Å². The molecule has 0 saturated carbocycles. The second-order valence-electron chi connectivity index (χ2n) is 5.78. The molecule has 0 amide bonds. The van der Waals surface area contributed by atoms with E-state index in [1.54, 1.807) is 54.6 Å². The van der Waals surface area contributed by atoms with Crippen molar-refractivity contribution in [2.24, 2.45) is 15.0 Å². The van der Waals surface area contributed by atoms with Crippen molar-refractivity contribution in [2.45, 2.75) is 5.54 Å². The van der Waals surface area contributed by atoms with Crippen LogP contribution in [0.15, 0.2) is 93.8 Å². The summed E-state index contributed by atoms with van der Waals surface area (Å²) in [7, 11) is 0. The van der Waals surface area contributed by atoms with E-state index < -0.39 is 5.54 Å². The van der Waals surface area contributed by atoms with Gasteiger partial charge >= 0.3 is 0 Å². The molecule has 0 spiro atoms. The van der Waals surface area contributed by atoms with Crippen molar-refractivity contribution in [3.05, 3.63) is 95.6 Å². The highest BCUT2D eigenvalue weighted by atomic mass is 16.1. The summed E-state index contributed by atoms with van der Waals surface area (Å²) in [4.78, 5) is 43.8. The quantitative estimate of drug-likeness (QED) is 0.371. The zero-order valence-corrected chi connectivity index (χ0v) is 14.6. The van der Waals surface area contributed by atoms with E-state index >= 15 is 0 Å². The average molecular weight is 367 g/mol. The predicted molar refractivity (Wildman–Crippen MR) is 103 cm³/mol. The molecule has 6 heteroatoms. The van der Waals surface area contributed by atoms with E-state index in [4.69, 9.17) is 0 Å². The van der Waals surface area contributed by atoms with E-state index in [-0.39, 0.29) is 0 Å². The first kappa shape index (κ1) is 18.6. The van der Waals surface area contributed by atoms with Crippen LogP contribution in [-0.4, -0.2) is 18.2 Å². The van der Waals surface area contributed by atoms with Crippen LogP contribution < -0.4 is 0 Å². The summed E-state index contributed by atoms with van der Waals surface area (Å²) in [5.74, 6) is 0. The molecule has 0 unspecified atom stereocenters. The van der Waals surface area contributed by atoms with Crippen molar-refractivity contribution < 1.29 is 14.4 Å². The van der Waals surface area contributed by atoms with Crippen LogP contribution in [-0.2, 0) is 19.9 Å². The van der Waals surface area contributed by atoms with Gasteiger partial charge in [-0.05, 0) is 41.0 Å². The number of isocyanates is 3. The Hall–Kier alpha value is -4.20. The van der Waals surface area contributed by atoms with Crippen LogP contribution in [0.2, 0.25) is 0 Å². The van der Waals surface area contributed by atoms with Gasteiger partial charge in [0.1, 0.15) is 5.54 Å². The van der Waals surface area contributed by atoms with E-state index in [0.717, 1.165) is 5.56 Å². The maximum atomic E-state index is 11.4. The number of benzene rings is 3. The Balaban J connectivity index is 2.29. The molecule has 0 N–H and O–H groups in total. The first-order valence-electron chi connectivity index (χ1n) is 8.26. The molecule has 134 valence electrons. The van der Waals surface area contributed by atoms with Gasteiger partial charge in [-0.25, -0.2) is 14.4 Å². The molecule has 3 aromatic rings. The summed E-state index contributed by atoms with van der Waals surface area (Å²) in [6, 6.07) is 22.8. The van der Waals surface area contributed by atoms with Gasteiger partial charge < -0.3 is 0 Å². The van der Waals surface area contributed by atoms with Gasteiger partial charge in [0, 0.05) is 0 Å². The number of carbonyl (C=O) groups excluding carboxylic acids is 3. The first-order valence-corrected chi connectivity index (χ1v) is 8.26. The fourth-order valence-corrected chi connectivity index (χ4v) is 3.10. The van der Waals surface area contributed by atoms with E-state index in [2.05, 4.69) is 15.0 Å². The summed E-state index contributed by atoms with van der Waals surface area (Å²) < 4.78 is 0. The molecule has 0 atom stereocenters. The Morgan fingerprint density at radius 3 is 1.36 bits per heavy atom. The number of hydrogen-bond donors (Lipinski definition) is 0. The van der Waals surface area contributed by atoms with Crippen LogP contribution in [0.1, 0.15) is 16.7 Å². The number of hydrogen-bond acceptors (Lipinski definition) is 6. The molecule has 0 bridgehead atoms. The van der Waals surface area contributed by atoms with Crippen molar-refractivity contribution >= 4 is 29.6 Å². The third-order valence-corrected chi connectivity index (χ3v) is 4.32. The fourth-order valence-electron chi connectivity index (χ4n) is 3.10. The smallest absolute Gasteiger partial charge is 0.211 e. The van der Waals surface area contributed by atoms with Gasteiger partial charge in [0.25, 0.3) is 0 Å². The number of rotatable bonds is 6. The van der Waals surface area contributed by atoms with E-state index in [0.29, 0.717) is 22.5 Å². The zero-order valence-electron chi connectivity index (χ0n) is 14.6. The summed E-state index contributed by atoms with van der Waals surface area (Å²) in [5.41, 5.74) is 1.81. The normalized spacial score (nSPS) is 11.9. The number of nitrogens with zero attached hydrogens (tertiary/aromatic N) is 3. The molecular weight excluding hydrogens is 354 g/mol. The van der Waals surface area contributed by atoms with Crippen molar-refractivity contribution in [1.29, 1.82) is 0 Å². The van der Waals surface area contributed by atoms with E-state index in [1.165, 1.54) is 12.2 Å². The second kappa shape index (κ2) is 8.45. The summed E-state index contributed by atoms with van der Waals surface area (Å²) in [6.45, 7) is 0. The molecule has 0 aliphatic carbocycles. The van der Waals surface area contributed by atoms with Crippen LogP contribution in [0.5, 0.6) is 0 Å². The van der Waals surface area contributed by atoms with E-state index in [1.807, 2.05) is 30.3 Å². The highest BCUT2D eigenvalue weighted by molar-refractivity contribution is 5.58. The zero-order chi connectivity index (χ0) is 19.8. The molecule has 0 saturated heterocycles. The fraction of sp³-hybridized carbons (Fsp3) is 0.0455. The summed E-state index contributed by atoms with van der Waals surface area (Å²) in [6.07, 6.45) is 4.68. The molecule has 6 nitrogen and oxygen atoms in total. The second-order valence-corrected chi connectivity index (χ2v) is 5.78. The molecule has 0 heterocycles. The Morgan fingerprint density at radius 2 is 0.964 bits per heavy atom. The van der Waals surface area contributed by atoms with Gasteiger partial charge in [0.2, 0.25) is 18.2 Å². The maximum absolute atomic E-state index is 11.4. The Kier molecular flexibility index (Phi) is 5.61. The number of aliphatic imine (C=N–C) groups is 3. The minimum atomic E-state index is -1.17. The predicted octanol–water partition coefficient (Wildman–Crippen LogP) is 4.25. The lowest BCUT2D eigenvalue weighted by atomic mass is 9.77. The molecular formula is C22H13N3O3. The van der Waals surface area contributed by atoms with Gasteiger partial charge in [0.05, 0.1) is 11.4 Å². The Bertz CT molecular complexity index is 1040. The van der Waals surface area contributed by atoms with E-state index in [9.17, 15) is 14.4 Å². The lowest BCUT2D eigenvalue weighted by Crippen LogP contribution is -2.27. The lowest BCUT2D eigenvalue weighted by Gasteiger charge is -2.30. The molecule has 3 aromatic carbocycles. The molecule has 0 aliphatic heterocycles. The minimum absolute atomic E-state index is 0.437. The third-order valence-electron chi connectivity index (χ3n) is 4.32. The van der Waals surface area contributed by atoms with Gasteiger partial charge in [-0.3, -0.25) is 0 Å². The van der Waals surface area contributed by atoms with Gasteiger partial charge in [0.15, 0.2) is 0 Å². The lowest BCUT2D eigenvalue weighted by molar-refractivity contribution is 0.550. The van der Waals surface area contributed by atoms with Gasteiger partial charge in [-0.15, -0.1) is 0 Å². The molecule has 0 aromatic heterocycles. The largest absolute Gasteiger partial charge is 0.240 e. The van der Waals surface area contributed by atoms with Crippen LogP contribution in [0.25, 0.3) is 0 Å². The standard InChI is InChI=1S/C22H13N3O3/c26-14-23-20-10-6-18(7-11-20)22(25-16-28,17-4-2-1-3-5-17)19-8-12-21(13-9-19)24-15-27/h1-13H. The maximum Gasteiger partial charge on any atom is 0.240 e. The SMILES string of the molecule is O=C=Nc1ccc(C(N=C=O)(c2ccccc2)c2ccc(N=C=O)cc2)cc1. The molecule has 0 fully saturated rings. The average Bonchev–Trinajstić information content (AvgIpc) is 2.74. The van der Waals surface area contributed by atoms with Crippen molar-refractivity contribution in [1.82, 2.24) is 0 Å². The van der Waals surface area contributed by atoms with Gasteiger partial charge in [-0.1, -0.05) is 54.6 Å². The summed E-state index contributed by atoms with van der Waals surface area (Å²) >= 11 is 0. The highest BCUT2D eigenvalue weighted by Gasteiger charge is 2.36. The Labute approximate surface area is 160 Å². The third kappa shape index (κ3) is 3.51. The molecule has 3 rings (SSSR count). The van der Waals surface area contributed by atoms with Crippen molar-refractivity contribution in [3.8, 4) is 0 Å². The van der Waals surface area contributed by atoms with Crippen molar-refractivity contribution in [3.63, 3.8) is 0 Å². The minimum Gasteiger partial charge on any atom is -0.211 e. The highest BCUT2D eigenvalue weighted by Crippen LogP contribution is 2.41. The van der Waals surface area contributed by atoms with Crippen LogP contribution in [0.3, 0.4) is 0 Å².